The second-order valence-electron chi connectivity index (χ2n) is 6.95. The zero-order valence-electron chi connectivity index (χ0n) is 21.0. The molecule has 0 amide bonds. The molecule has 0 aliphatic carbocycles. The van der Waals surface area contributed by atoms with E-state index >= 15 is 0 Å². The topological polar surface area (TPSA) is 149 Å². The fourth-order valence-electron chi connectivity index (χ4n) is 1.14. The number of hydrogen-bond donors (Lipinski definition) is 4. The van der Waals surface area contributed by atoms with Crippen molar-refractivity contribution in [2.45, 2.75) is 79.2 Å². The van der Waals surface area contributed by atoms with Crippen molar-refractivity contribution in [1.82, 2.24) is 0 Å². The standard InChI is InChI=1S/C8H15S2.C5H10O2.C3H8S2.2CHF3O3S.2CH4/c1-3-7(2)8-9-5-4-6-10-8;1-3-4(2)5(6)7;4-2-1-3-5;2*2-1(3,4)8(5,6)7;;/h7H,3-6H2,1-2H3;4H,3H2,1-2H3,(H,6,7);4-5H,1-3H2;2*(H,5,6,7);2*1H4/q+1;;;;;;/p-1/t7-;4-;;;;;/m00...../s1. The summed E-state index contributed by atoms with van der Waals surface area (Å²) in [7, 11) is -11.9. The van der Waals surface area contributed by atoms with Gasteiger partial charge in [-0.05, 0) is 30.8 Å². The Morgan fingerprint density at radius 1 is 1.00 bits per heavy atom. The largest absolute Gasteiger partial charge is 0.741 e. The van der Waals surface area contributed by atoms with Crippen LogP contribution in [0.2, 0.25) is 0 Å². The molecule has 2 atom stereocenters. The maximum absolute atomic E-state index is 10.7. The molecule has 8 nitrogen and oxygen atoms in total. The van der Waals surface area contributed by atoms with E-state index in [9.17, 15) is 31.1 Å². The van der Waals surface area contributed by atoms with Gasteiger partial charge >= 0.3 is 27.1 Å². The first-order valence-electron chi connectivity index (χ1n) is 10.6. The molecule has 0 fully saturated rings. The minimum absolute atomic E-state index is 0. The van der Waals surface area contributed by atoms with Crippen LogP contribution in [0.1, 0.15) is 68.2 Å². The SMILES string of the molecule is C.C.CC[C@H](C)C(=O)O.CC[C@H](C)C1=[S+]CCCS1.O=S(=O)(O)C(F)(F)F.O=S(=O)([O-])C(F)(F)F.SCCCS. The normalized spacial score (nSPS) is 14.5. The maximum atomic E-state index is 10.7. The van der Waals surface area contributed by atoms with E-state index in [1.54, 1.807) is 11.1 Å². The van der Waals surface area contributed by atoms with Gasteiger partial charge in [0.05, 0.1) is 5.92 Å². The summed E-state index contributed by atoms with van der Waals surface area (Å²) in [6.07, 6.45) is 4.53. The lowest BCUT2D eigenvalue weighted by molar-refractivity contribution is -0.141. The molecule has 2 N–H and O–H groups in total. The maximum Gasteiger partial charge on any atom is 0.522 e. The Morgan fingerprint density at radius 2 is 1.38 bits per heavy atom. The van der Waals surface area contributed by atoms with Crippen LogP contribution < -0.4 is 0 Å². The van der Waals surface area contributed by atoms with Crippen molar-refractivity contribution < 1.29 is 62.2 Å². The summed E-state index contributed by atoms with van der Waals surface area (Å²) < 4.78 is 118. The third-order valence-electron chi connectivity index (χ3n) is 3.72. The minimum Gasteiger partial charge on any atom is -0.741 e. The van der Waals surface area contributed by atoms with Crippen molar-refractivity contribution in [3.8, 4) is 0 Å². The predicted octanol–water partition coefficient (Wildman–Crippen LogP) is 6.45. The lowest BCUT2D eigenvalue weighted by Crippen LogP contribution is -2.21. The Bertz CT molecular complexity index is 820. The van der Waals surface area contributed by atoms with E-state index in [0.29, 0.717) is 0 Å². The fraction of sp³-hybridized carbons (Fsp3) is 0.900. The number of thiol groups is 2. The molecule has 40 heavy (non-hydrogen) atoms. The fourth-order valence-corrected chi connectivity index (χ4v) is 4.61. The third kappa shape index (κ3) is 32.5. The monoisotopic (exact) mass is 716 g/mol. The zero-order chi connectivity index (χ0) is 31.4. The van der Waals surface area contributed by atoms with Crippen molar-refractivity contribution in [2.75, 3.05) is 23.0 Å². The first-order valence-corrected chi connectivity index (χ1v) is 16.7. The molecule has 0 spiro atoms. The van der Waals surface area contributed by atoms with E-state index < -0.39 is 37.2 Å². The van der Waals surface area contributed by atoms with E-state index in [-0.39, 0.29) is 20.8 Å². The van der Waals surface area contributed by atoms with E-state index in [2.05, 4.69) is 62.2 Å². The molecule has 0 saturated heterocycles. The highest BCUT2D eigenvalue weighted by atomic mass is 32.2. The Balaban J connectivity index is -0.0000000907. The first kappa shape index (κ1) is 52.6. The van der Waals surface area contributed by atoms with Gasteiger partial charge in [0.2, 0.25) is 4.20 Å². The van der Waals surface area contributed by atoms with E-state index in [0.717, 1.165) is 30.3 Å². The quantitative estimate of drug-likeness (QED) is 0.0608. The lowest BCUT2D eigenvalue weighted by Gasteiger charge is -2.08. The molecule has 0 aromatic heterocycles. The Morgan fingerprint density at radius 3 is 1.50 bits per heavy atom. The molecule has 1 aliphatic rings. The number of thioether (sulfide) groups is 1. The molecule has 248 valence electrons. The van der Waals surface area contributed by atoms with Crippen molar-refractivity contribution in [3.63, 3.8) is 0 Å². The highest BCUT2D eigenvalue weighted by molar-refractivity contribution is 8.23. The number of carboxylic acid groups (broad SMARTS) is 1. The summed E-state index contributed by atoms with van der Waals surface area (Å²) in [5.41, 5.74) is -11.2. The highest BCUT2D eigenvalue weighted by Gasteiger charge is 2.44. The van der Waals surface area contributed by atoms with Crippen LogP contribution in [0.15, 0.2) is 0 Å². The van der Waals surface area contributed by atoms with Gasteiger partial charge in [-0.25, -0.2) is 8.42 Å². The molecule has 1 heterocycles. The zero-order valence-corrected chi connectivity index (χ0v) is 26.0. The average Bonchev–Trinajstić information content (AvgIpc) is 2.78. The van der Waals surface area contributed by atoms with E-state index in [1.165, 1.54) is 24.3 Å². The van der Waals surface area contributed by atoms with Gasteiger partial charge < -0.3 is 9.66 Å². The van der Waals surface area contributed by atoms with Crippen LogP contribution in [-0.4, -0.2) is 75.2 Å². The van der Waals surface area contributed by atoms with Gasteiger partial charge in [-0.3, -0.25) is 9.35 Å². The molecule has 1 aliphatic heterocycles. The molecule has 0 unspecified atom stereocenters. The molecule has 0 aromatic carbocycles. The Hall–Kier alpha value is 0.01000. The lowest BCUT2D eigenvalue weighted by atomic mass is 10.1. The van der Waals surface area contributed by atoms with Crippen LogP contribution in [0.5, 0.6) is 0 Å². The Labute approximate surface area is 254 Å². The summed E-state index contributed by atoms with van der Waals surface area (Å²) in [6, 6.07) is 0. The summed E-state index contributed by atoms with van der Waals surface area (Å²) in [5.74, 6) is 4.57. The van der Waals surface area contributed by atoms with Crippen molar-refractivity contribution >= 4 is 78.8 Å². The van der Waals surface area contributed by atoms with Crippen molar-refractivity contribution in [2.24, 2.45) is 11.8 Å². The summed E-state index contributed by atoms with van der Waals surface area (Å²) in [5, 5.41) is 8.18. The van der Waals surface area contributed by atoms with Crippen LogP contribution in [0.3, 0.4) is 0 Å². The predicted molar refractivity (Wildman–Crippen MR) is 160 cm³/mol. The van der Waals surface area contributed by atoms with E-state index in [4.69, 9.17) is 31.0 Å². The number of halogens is 6. The van der Waals surface area contributed by atoms with Gasteiger partial charge in [0, 0.05) is 18.1 Å². The van der Waals surface area contributed by atoms with Crippen LogP contribution >= 0.6 is 37.0 Å². The van der Waals surface area contributed by atoms with Crippen LogP contribution in [0.4, 0.5) is 26.3 Å². The number of carbonyl (C=O) groups is 1. The average molecular weight is 717 g/mol. The number of carboxylic acids is 1. The summed E-state index contributed by atoms with van der Waals surface area (Å²) in [4.78, 5) is 9.93. The van der Waals surface area contributed by atoms with Gasteiger partial charge in [0.1, 0.15) is 0 Å². The van der Waals surface area contributed by atoms with Gasteiger partial charge in [0.15, 0.2) is 27.2 Å². The summed E-state index contributed by atoms with van der Waals surface area (Å²) in [6.45, 7) is 8.16. The van der Waals surface area contributed by atoms with Gasteiger partial charge in [0.25, 0.3) is 0 Å². The second kappa shape index (κ2) is 26.6. The van der Waals surface area contributed by atoms with Gasteiger partial charge in [-0.2, -0.15) is 60.0 Å². The van der Waals surface area contributed by atoms with Crippen LogP contribution in [0, 0.1) is 11.8 Å². The minimum atomic E-state index is -6.09. The molecule has 20 heteroatoms. The summed E-state index contributed by atoms with van der Waals surface area (Å²) >= 11 is 12.1. The number of hydrogen-bond acceptors (Lipinski definition) is 9. The third-order valence-corrected chi connectivity index (χ3v) is 8.57. The molecular weight excluding hydrogens is 675 g/mol. The number of rotatable bonds is 6. The Kier molecular flexibility index (Phi) is 35.0. The molecule has 0 saturated carbocycles. The molecule has 1 rings (SSSR count). The molecular formula is C20H42F6O8S6. The van der Waals surface area contributed by atoms with Gasteiger partial charge in [-0.15, -0.1) is 0 Å². The smallest absolute Gasteiger partial charge is 0.522 e. The van der Waals surface area contributed by atoms with Crippen LogP contribution in [-0.2, 0) is 36.4 Å². The molecule has 0 aromatic rings. The number of alkyl halides is 6. The van der Waals surface area contributed by atoms with Gasteiger partial charge in [-0.1, -0.05) is 54.3 Å². The first-order chi connectivity index (χ1) is 16.9. The highest BCUT2D eigenvalue weighted by Crippen LogP contribution is 2.21. The van der Waals surface area contributed by atoms with E-state index in [1.807, 2.05) is 6.92 Å². The van der Waals surface area contributed by atoms with Crippen LogP contribution in [0.25, 0.3) is 0 Å². The van der Waals surface area contributed by atoms with Crippen molar-refractivity contribution in [1.29, 1.82) is 0 Å². The number of aliphatic carboxylic acids is 1. The second-order valence-corrected chi connectivity index (χ2v) is 13.2. The van der Waals surface area contributed by atoms with Crippen molar-refractivity contribution in [3.05, 3.63) is 0 Å². The molecule has 0 bridgehead atoms. The molecule has 0 radical (unpaired) electrons.